The van der Waals surface area contributed by atoms with Gasteiger partial charge in [0.05, 0.1) is 6.10 Å². The summed E-state index contributed by atoms with van der Waals surface area (Å²) in [7, 11) is 0. The summed E-state index contributed by atoms with van der Waals surface area (Å²) >= 11 is 0.503. The van der Waals surface area contributed by atoms with Crippen molar-refractivity contribution in [2.75, 3.05) is 6.61 Å². The van der Waals surface area contributed by atoms with Crippen LogP contribution in [0.1, 0.15) is 105 Å². The number of hydrogen-bond donors (Lipinski definition) is 1. The predicted molar refractivity (Wildman–Crippen MR) is 134 cm³/mol. The highest BCUT2D eigenvalue weighted by atomic mass is 32.2. The molecule has 0 bridgehead atoms. The number of nitrogens with zero attached hydrogens (tertiary/aromatic N) is 1. The molecule has 190 valence electrons. The second-order valence-electron chi connectivity index (χ2n) is 12.8. The van der Waals surface area contributed by atoms with Gasteiger partial charge in [0.1, 0.15) is 0 Å². The van der Waals surface area contributed by atoms with Crippen LogP contribution < -0.4 is 0 Å². The molecule has 33 heavy (non-hydrogen) atoms. The highest BCUT2D eigenvalue weighted by molar-refractivity contribution is 7.93. The lowest BCUT2D eigenvalue weighted by Crippen LogP contribution is -2.54. The third kappa shape index (κ3) is 5.06. The van der Waals surface area contributed by atoms with Crippen molar-refractivity contribution in [2.45, 2.75) is 111 Å². The maximum Gasteiger partial charge on any atom is 0.217 e. The number of fused-ring (bicyclic) bond motifs is 5. The lowest BCUT2D eigenvalue weighted by atomic mass is 9.44. The fourth-order valence-electron chi connectivity index (χ4n) is 9.24. The Balaban J connectivity index is 1.36. The molecule has 0 spiro atoms. The van der Waals surface area contributed by atoms with Crippen molar-refractivity contribution in [3.05, 3.63) is 4.91 Å². The van der Waals surface area contributed by atoms with E-state index in [4.69, 9.17) is 9.22 Å². The molecular formula is C27H47NO4S. The number of nitroso groups, excluding NO2 is 1. The average molecular weight is 482 g/mol. The molecule has 4 aliphatic carbocycles. The van der Waals surface area contributed by atoms with Crippen LogP contribution in [0.2, 0.25) is 0 Å². The Kier molecular flexibility index (Phi) is 8.51. The van der Waals surface area contributed by atoms with Crippen LogP contribution in [0.4, 0.5) is 0 Å². The molecule has 4 aliphatic rings. The van der Waals surface area contributed by atoms with E-state index >= 15 is 0 Å². The standard InChI is InChI=1S/C27H47NO4S/c1-18(2)19(17-29)6-5-7-20-9-11-24-23-10-8-21-16-22(31-32-33-28-30)12-14-27(21,4)25(23)13-15-26(20,24)3/h18-25,29H,5-17H2,1-4H3. The van der Waals surface area contributed by atoms with Crippen molar-refractivity contribution < 1.29 is 14.3 Å². The number of aliphatic hydroxyl groups is 1. The Bertz CT molecular complexity index is 662. The minimum atomic E-state index is 0.104. The summed E-state index contributed by atoms with van der Waals surface area (Å²) in [6.07, 6.45) is 15.6. The van der Waals surface area contributed by atoms with Crippen LogP contribution in [0.25, 0.3) is 0 Å². The van der Waals surface area contributed by atoms with Gasteiger partial charge >= 0.3 is 0 Å². The zero-order valence-electron chi connectivity index (χ0n) is 21.3. The van der Waals surface area contributed by atoms with Gasteiger partial charge in [-0.1, -0.05) is 34.1 Å². The normalized spacial score (nSPS) is 43.6. The molecule has 0 amide bonds. The van der Waals surface area contributed by atoms with Gasteiger partial charge in [-0.15, -0.1) is 9.24 Å². The van der Waals surface area contributed by atoms with Crippen molar-refractivity contribution >= 4 is 12.2 Å². The lowest BCUT2D eigenvalue weighted by molar-refractivity contribution is -0.255. The minimum Gasteiger partial charge on any atom is -0.396 e. The molecule has 0 aliphatic heterocycles. The number of aliphatic hydroxyl groups excluding tert-OH is 1. The fourth-order valence-corrected chi connectivity index (χ4v) is 9.41. The van der Waals surface area contributed by atoms with E-state index in [-0.39, 0.29) is 6.10 Å². The van der Waals surface area contributed by atoms with Gasteiger partial charge in [0.2, 0.25) is 12.2 Å². The van der Waals surface area contributed by atoms with E-state index in [0.717, 1.165) is 36.5 Å². The molecule has 0 heterocycles. The van der Waals surface area contributed by atoms with Crippen molar-refractivity contribution in [3.8, 4) is 0 Å². The monoisotopic (exact) mass is 481 g/mol. The highest BCUT2D eigenvalue weighted by Crippen LogP contribution is 2.68. The van der Waals surface area contributed by atoms with E-state index in [0.29, 0.717) is 47.4 Å². The first kappa shape index (κ1) is 25.9. The molecule has 0 saturated heterocycles. The van der Waals surface area contributed by atoms with Crippen molar-refractivity contribution in [3.63, 3.8) is 0 Å². The quantitative estimate of drug-likeness (QED) is 0.0863. The zero-order chi connectivity index (χ0) is 23.6. The highest BCUT2D eigenvalue weighted by Gasteiger charge is 2.60. The van der Waals surface area contributed by atoms with Gasteiger partial charge in [-0.05, 0) is 123 Å². The van der Waals surface area contributed by atoms with E-state index in [1.54, 1.807) is 0 Å². The number of hydrogen-bond acceptors (Lipinski definition) is 6. The molecule has 0 aromatic rings. The summed E-state index contributed by atoms with van der Waals surface area (Å²) < 4.78 is 7.57. The van der Waals surface area contributed by atoms with Crippen LogP contribution in [0.5, 0.6) is 0 Å². The number of rotatable bonds is 10. The summed E-state index contributed by atoms with van der Waals surface area (Å²) in [4.78, 5) is 15.7. The molecule has 0 aromatic carbocycles. The average Bonchev–Trinajstić information content (AvgIpc) is 3.13. The van der Waals surface area contributed by atoms with Crippen molar-refractivity contribution in [1.29, 1.82) is 0 Å². The second-order valence-corrected chi connectivity index (χ2v) is 13.2. The van der Waals surface area contributed by atoms with Crippen LogP contribution in [0.3, 0.4) is 0 Å². The molecule has 0 radical (unpaired) electrons. The van der Waals surface area contributed by atoms with Gasteiger partial charge in [0.15, 0.2) is 0 Å². The minimum absolute atomic E-state index is 0.104. The third-order valence-electron chi connectivity index (χ3n) is 11.4. The molecule has 4 fully saturated rings. The largest absolute Gasteiger partial charge is 0.396 e. The molecule has 9 unspecified atom stereocenters. The van der Waals surface area contributed by atoms with Crippen LogP contribution in [-0.2, 0) is 9.22 Å². The second kappa shape index (κ2) is 10.8. The van der Waals surface area contributed by atoms with Gasteiger partial charge in [-0.3, -0.25) is 0 Å². The van der Waals surface area contributed by atoms with Crippen molar-refractivity contribution in [2.24, 2.45) is 56.8 Å². The van der Waals surface area contributed by atoms with Crippen LogP contribution >= 0.6 is 12.2 Å². The van der Waals surface area contributed by atoms with Gasteiger partial charge < -0.3 is 5.11 Å². The summed E-state index contributed by atoms with van der Waals surface area (Å²) in [5.74, 6) is 5.32. The molecule has 5 nitrogen and oxygen atoms in total. The van der Waals surface area contributed by atoms with Crippen molar-refractivity contribution in [1.82, 2.24) is 0 Å². The lowest BCUT2D eigenvalue weighted by Gasteiger charge is -2.61. The molecule has 1 N–H and O–H groups in total. The Morgan fingerprint density at radius 3 is 2.52 bits per heavy atom. The molecular weight excluding hydrogens is 434 g/mol. The summed E-state index contributed by atoms with van der Waals surface area (Å²) in [5, 5.41) is 9.71. The van der Waals surface area contributed by atoms with E-state index < -0.39 is 0 Å². The first-order chi connectivity index (χ1) is 15.8. The maximum absolute atomic E-state index is 10.2. The van der Waals surface area contributed by atoms with Gasteiger partial charge in [0.25, 0.3) is 0 Å². The van der Waals surface area contributed by atoms with Gasteiger partial charge in [-0.25, -0.2) is 4.89 Å². The Morgan fingerprint density at radius 2 is 1.79 bits per heavy atom. The Labute approximate surface area is 205 Å². The Morgan fingerprint density at radius 1 is 1.03 bits per heavy atom. The SMILES string of the molecule is CC(C)C(CO)CCCC1CCC2C3CCC4CC(OOSN=O)CCC4(C)C3CCC12C. The van der Waals surface area contributed by atoms with Crippen LogP contribution in [-0.4, -0.2) is 17.8 Å². The first-order valence-electron chi connectivity index (χ1n) is 13.8. The van der Waals surface area contributed by atoms with E-state index in [1.165, 1.54) is 64.2 Å². The smallest absolute Gasteiger partial charge is 0.217 e. The molecule has 4 rings (SSSR count). The van der Waals surface area contributed by atoms with E-state index in [1.807, 2.05) is 0 Å². The fraction of sp³-hybridized carbons (Fsp3) is 1.00. The summed E-state index contributed by atoms with van der Waals surface area (Å²) in [6, 6.07) is 0. The Hall–Kier alpha value is -0.170. The predicted octanol–water partition coefficient (Wildman–Crippen LogP) is 7.73. The first-order valence-corrected chi connectivity index (χ1v) is 14.5. The maximum atomic E-state index is 10.2. The van der Waals surface area contributed by atoms with Gasteiger partial charge in [-0.2, -0.15) is 0 Å². The zero-order valence-corrected chi connectivity index (χ0v) is 22.2. The summed E-state index contributed by atoms with van der Waals surface area (Å²) in [5.41, 5.74) is 0.966. The molecule has 0 aromatic heterocycles. The topological polar surface area (TPSA) is 68.1 Å². The van der Waals surface area contributed by atoms with Gasteiger partial charge in [0, 0.05) is 11.2 Å². The van der Waals surface area contributed by atoms with Crippen LogP contribution in [0.15, 0.2) is 4.58 Å². The third-order valence-corrected chi connectivity index (χ3v) is 11.6. The molecule has 9 atom stereocenters. The molecule has 6 heteroatoms. The van der Waals surface area contributed by atoms with Crippen LogP contribution in [0, 0.1) is 57.2 Å². The van der Waals surface area contributed by atoms with E-state index in [2.05, 4.69) is 32.3 Å². The van der Waals surface area contributed by atoms with E-state index in [9.17, 15) is 10.0 Å². The molecule has 4 saturated carbocycles. The summed E-state index contributed by atoms with van der Waals surface area (Å²) in [6.45, 7) is 10.1.